The first kappa shape index (κ1) is 14.0. The molecule has 1 N–H and O–H groups in total. The van der Waals surface area contributed by atoms with E-state index in [1.165, 1.54) is 0 Å². The predicted octanol–water partition coefficient (Wildman–Crippen LogP) is 2.15. The molecule has 0 bridgehead atoms. The third-order valence-electron chi connectivity index (χ3n) is 2.75. The van der Waals surface area contributed by atoms with Gasteiger partial charge in [-0.05, 0) is 31.0 Å². The van der Waals surface area contributed by atoms with Crippen molar-refractivity contribution in [1.82, 2.24) is 4.90 Å². The van der Waals surface area contributed by atoms with Crippen LogP contribution in [0.4, 0.5) is 5.69 Å². The van der Waals surface area contributed by atoms with E-state index in [0.717, 1.165) is 24.2 Å². The number of nitrogens with one attached hydrogen (secondary N) is 1. The number of carbonyl (C=O) groups excluding carboxylic acids is 1. The molecule has 0 atom stereocenters. The van der Waals surface area contributed by atoms with Crippen LogP contribution >= 0.6 is 0 Å². The highest BCUT2D eigenvalue weighted by atomic mass is 16.2. The highest BCUT2D eigenvalue weighted by Crippen LogP contribution is 2.16. The summed E-state index contributed by atoms with van der Waals surface area (Å²) in [6, 6.07) is 7.68. The number of rotatable bonds is 5. The molecule has 0 fully saturated rings. The number of hydrogen-bond acceptors (Lipinski definition) is 3. The van der Waals surface area contributed by atoms with Crippen molar-refractivity contribution in [2.45, 2.75) is 19.8 Å². The molecular weight excluding hydrogens is 226 g/mol. The van der Waals surface area contributed by atoms with Crippen molar-refractivity contribution in [3.63, 3.8) is 0 Å². The summed E-state index contributed by atoms with van der Waals surface area (Å²) in [4.78, 5) is 13.0. The number of amides is 1. The van der Waals surface area contributed by atoms with E-state index >= 15 is 0 Å². The number of hydrogen-bond donors (Lipinski definition) is 1. The Morgan fingerprint density at radius 3 is 2.78 bits per heavy atom. The first-order chi connectivity index (χ1) is 8.54. The van der Waals surface area contributed by atoms with Gasteiger partial charge in [-0.25, -0.2) is 0 Å². The summed E-state index contributed by atoms with van der Waals surface area (Å²) in [6.07, 6.45) is 1.32. The molecule has 0 saturated heterocycles. The number of nitriles is 1. The van der Waals surface area contributed by atoms with E-state index in [0.29, 0.717) is 12.0 Å². The van der Waals surface area contributed by atoms with Crippen molar-refractivity contribution < 1.29 is 4.79 Å². The zero-order chi connectivity index (χ0) is 13.5. The van der Waals surface area contributed by atoms with E-state index in [2.05, 4.69) is 11.4 Å². The summed E-state index contributed by atoms with van der Waals surface area (Å²) in [5, 5.41) is 12.1. The van der Waals surface area contributed by atoms with Crippen LogP contribution < -0.4 is 5.32 Å². The van der Waals surface area contributed by atoms with Gasteiger partial charge in [0.2, 0.25) is 5.91 Å². The lowest BCUT2D eigenvalue weighted by atomic mass is 10.1. The molecule has 0 spiro atoms. The molecule has 0 radical (unpaired) electrons. The first-order valence-electron chi connectivity index (χ1n) is 5.99. The van der Waals surface area contributed by atoms with Crippen molar-refractivity contribution >= 4 is 11.6 Å². The fourth-order valence-electron chi connectivity index (χ4n) is 1.57. The summed E-state index contributed by atoms with van der Waals surface area (Å²) in [7, 11) is 3.52. The Labute approximate surface area is 108 Å². The molecule has 1 amide bonds. The SMILES string of the molecule is Cc1ccc(C#N)cc1NCCCC(=O)N(C)C. The highest BCUT2D eigenvalue weighted by Gasteiger charge is 2.04. The van der Waals surface area contributed by atoms with Gasteiger partial charge in [-0.1, -0.05) is 6.07 Å². The van der Waals surface area contributed by atoms with Gasteiger partial charge in [0, 0.05) is 32.7 Å². The van der Waals surface area contributed by atoms with Gasteiger partial charge in [-0.2, -0.15) is 5.26 Å². The second-order valence-corrected chi connectivity index (χ2v) is 4.46. The fourth-order valence-corrected chi connectivity index (χ4v) is 1.57. The van der Waals surface area contributed by atoms with Crippen molar-refractivity contribution in [3.05, 3.63) is 29.3 Å². The van der Waals surface area contributed by atoms with Gasteiger partial charge in [-0.15, -0.1) is 0 Å². The molecular formula is C14H19N3O. The quantitative estimate of drug-likeness (QED) is 0.809. The second kappa shape index (κ2) is 6.65. The molecule has 0 aliphatic rings. The maximum Gasteiger partial charge on any atom is 0.222 e. The summed E-state index contributed by atoms with van der Waals surface area (Å²) >= 11 is 0. The van der Waals surface area contributed by atoms with Crippen molar-refractivity contribution in [3.8, 4) is 6.07 Å². The molecule has 0 heterocycles. The van der Waals surface area contributed by atoms with Crippen LogP contribution in [0.15, 0.2) is 18.2 Å². The number of aryl methyl sites for hydroxylation is 1. The standard InChI is InChI=1S/C14H19N3O/c1-11-6-7-12(10-15)9-13(11)16-8-4-5-14(18)17(2)3/h6-7,9,16H,4-5,8H2,1-3H3. The summed E-state index contributed by atoms with van der Waals surface area (Å²) < 4.78 is 0. The smallest absolute Gasteiger partial charge is 0.222 e. The molecule has 0 aliphatic carbocycles. The van der Waals surface area contributed by atoms with Crippen molar-refractivity contribution in [2.75, 3.05) is 26.0 Å². The molecule has 1 rings (SSSR count). The van der Waals surface area contributed by atoms with Crippen LogP contribution in [0, 0.1) is 18.3 Å². The van der Waals surface area contributed by atoms with Crippen LogP contribution in [0.2, 0.25) is 0 Å². The summed E-state index contributed by atoms with van der Waals surface area (Å²) in [5.41, 5.74) is 2.71. The molecule has 1 aromatic rings. The third kappa shape index (κ3) is 4.10. The lowest BCUT2D eigenvalue weighted by molar-refractivity contribution is -0.128. The van der Waals surface area contributed by atoms with Gasteiger partial charge < -0.3 is 10.2 Å². The summed E-state index contributed by atoms with van der Waals surface area (Å²) in [5.74, 6) is 0.138. The van der Waals surface area contributed by atoms with Gasteiger partial charge in [0.1, 0.15) is 0 Å². The molecule has 0 aromatic heterocycles. The Morgan fingerprint density at radius 2 is 2.17 bits per heavy atom. The van der Waals surface area contributed by atoms with Crippen molar-refractivity contribution in [2.24, 2.45) is 0 Å². The number of benzene rings is 1. The lowest BCUT2D eigenvalue weighted by Crippen LogP contribution is -2.22. The average molecular weight is 245 g/mol. The molecule has 0 saturated carbocycles. The van der Waals surface area contributed by atoms with Crippen LogP contribution in [0.5, 0.6) is 0 Å². The van der Waals surface area contributed by atoms with Gasteiger partial charge in [0.25, 0.3) is 0 Å². The Balaban J connectivity index is 2.45. The molecule has 4 heteroatoms. The minimum absolute atomic E-state index is 0.138. The van der Waals surface area contributed by atoms with Gasteiger partial charge >= 0.3 is 0 Å². The van der Waals surface area contributed by atoms with Crippen LogP contribution in [0.25, 0.3) is 0 Å². The van der Waals surface area contributed by atoms with Crippen LogP contribution in [0.3, 0.4) is 0 Å². The largest absolute Gasteiger partial charge is 0.385 e. The van der Waals surface area contributed by atoms with E-state index in [9.17, 15) is 4.79 Å². The Hall–Kier alpha value is -2.02. The van der Waals surface area contributed by atoms with Gasteiger partial charge in [-0.3, -0.25) is 4.79 Å². The Kier molecular flexibility index (Phi) is 5.19. The molecule has 0 unspecified atom stereocenters. The number of anilines is 1. The second-order valence-electron chi connectivity index (χ2n) is 4.46. The minimum atomic E-state index is 0.138. The normalized spacial score (nSPS) is 9.67. The molecule has 0 aliphatic heterocycles. The zero-order valence-corrected chi connectivity index (χ0v) is 11.2. The first-order valence-corrected chi connectivity index (χ1v) is 5.99. The number of nitrogens with zero attached hydrogens (tertiary/aromatic N) is 2. The summed E-state index contributed by atoms with van der Waals surface area (Å²) in [6.45, 7) is 2.73. The zero-order valence-electron chi connectivity index (χ0n) is 11.2. The molecule has 4 nitrogen and oxygen atoms in total. The van der Waals surface area contributed by atoms with Gasteiger partial charge in [0.05, 0.1) is 11.6 Å². The maximum absolute atomic E-state index is 11.4. The van der Waals surface area contributed by atoms with E-state index in [1.54, 1.807) is 25.1 Å². The minimum Gasteiger partial charge on any atom is -0.385 e. The highest BCUT2D eigenvalue weighted by molar-refractivity contribution is 5.75. The Morgan fingerprint density at radius 1 is 1.44 bits per heavy atom. The number of carbonyl (C=O) groups is 1. The van der Waals surface area contributed by atoms with E-state index in [4.69, 9.17) is 5.26 Å². The fraction of sp³-hybridized carbons (Fsp3) is 0.429. The predicted molar refractivity (Wildman–Crippen MR) is 72.3 cm³/mol. The maximum atomic E-state index is 11.4. The lowest BCUT2D eigenvalue weighted by Gasteiger charge is -2.12. The van der Waals surface area contributed by atoms with Crippen molar-refractivity contribution in [1.29, 1.82) is 5.26 Å². The van der Waals surface area contributed by atoms with Crippen LogP contribution in [-0.2, 0) is 4.79 Å². The van der Waals surface area contributed by atoms with Crippen LogP contribution in [0.1, 0.15) is 24.0 Å². The van der Waals surface area contributed by atoms with E-state index in [-0.39, 0.29) is 5.91 Å². The Bertz CT molecular complexity index is 461. The topological polar surface area (TPSA) is 56.1 Å². The third-order valence-corrected chi connectivity index (χ3v) is 2.75. The monoisotopic (exact) mass is 245 g/mol. The van der Waals surface area contributed by atoms with Gasteiger partial charge in [0.15, 0.2) is 0 Å². The molecule has 18 heavy (non-hydrogen) atoms. The average Bonchev–Trinajstić information content (AvgIpc) is 2.36. The van der Waals surface area contributed by atoms with E-state index < -0.39 is 0 Å². The van der Waals surface area contributed by atoms with E-state index in [1.807, 2.05) is 19.1 Å². The molecule has 1 aromatic carbocycles. The van der Waals surface area contributed by atoms with Crippen LogP contribution in [-0.4, -0.2) is 31.4 Å². The molecule has 96 valence electrons.